The second-order valence-electron chi connectivity index (χ2n) is 5.59. The maximum atomic E-state index is 12.3. The van der Waals surface area contributed by atoms with Gasteiger partial charge in [-0.25, -0.2) is 13.2 Å². The summed E-state index contributed by atoms with van der Waals surface area (Å²) >= 11 is 0. The minimum Gasteiger partial charge on any atom is -0.497 e. The van der Waals surface area contributed by atoms with Crippen LogP contribution in [0.1, 0.15) is 10.4 Å². The lowest BCUT2D eigenvalue weighted by Crippen LogP contribution is -2.37. The van der Waals surface area contributed by atoms with E-state index in [0.29, 0.717) is 11.4 Å². The lowest BCUT2D eigenvalue weighted by molar-refractivity contribution is -0.114. The predicted octanol–water partition coefficient (Wildman–Crippen LogP) is 1.89. The SMILES string of the molecule is COC(=O)c1ccc(N(CC(=O)Nc2cccc(OC)c2)S(C)(=O)=O)cc1. The molecule has 1 amide bonds. The van der Waals surface area contributed by atoms with E-state index in [2.05, 4.69) is 10.1 Å². The Morgan fingerprint density at radius 2 is 1.74 bits per heavy atom. The molecule has 2 aromatic carbocycles. The van der Waals surface area contributed by atoms with E-state index in [9.17, 15) is 18.0 Å². The maximum Gasteiger partial charge on any atom is 0.337 e. The number of benzene rings is 2. The van der Waals surface area contributed by atoms with Crippen LogP contribution in [-0.2, 0) is 19.6 Å². The van der Waals surface area contributed by atoms with Crippen LogP contribution in [0.4, 0.5) is 11.4 Å². The zero-order valence-electron chi connectivity index (χ0n) is 15.1. The second kappa shape index (κ2) is 8.54. The van der Waals surface area contributed by atoms with Crippen molar-refractivity contribution in [1.29, 1.82) is 0 Å². The van der Waals surface area contributed by atoms with Crippen molar-refractivity contribution in [3.05, 3.63) is 54.1 Å². The standard InChI is InChI=1S/C18H20N2O6S/c1-25-16-6-4-5-14(11-16)19-17(21)12-20(27(3,23)24)15-9-7-13(8-10-15)18(22)26-2/h4-11H,12H2,1-3H3,(H,19,21). The molecular weight excluding hydrogens is 372 g/mol. The molecule has 0 aliphatic rings. The van der Waals surface area contributed by atoms with E-state index in [4.69, 9.17) is 4.74 Å². The van der Waals surface area contributed by atoms with Gasteiger partial charge in [0, 0.05) is 11.8 Å². The third-order valence-corrected chi connectivity index (χ3v) is 4.76. The largest absolute Gasteiger partial charge is 0.497 e. The Labute approximate surface area is 157 Å². The number of hydrogen-bond donors (Lipinski definition) is 1. The number of rotatable bonds is 7. The van der Waals surface area contributed by atoms with Crippen LogP contribution < -0.4 is 14.4 Å². The molecule has 8 nitrogen and oxygen atoms in total. The molecule has 0 saturated heterocycles. The van der Waals surface area contributed by atoms with Gasteiger partial charge in [0.25, 0.3) is 0 Å². The molecule has 0 radical (unpaired) electrons. The predicted molar refractivity (Wildman–Crippen MR) is 102 cm³/mol. The third kappa shape index (κ3) is 5.45. The minimum atomic E-state index is -3.73. The van der Waals surface area contributed by atoms with Crippen LogP contribution in [0, 0.1) is 0 Å². The van der Waals surface area contributed by atoms with Crippen molar-refractivity contribution in [3.8, 4) is 5.75 Å². The summed E-state index contributed by atoms with van der Waals surface area (Å²) in [5.41, 5.74) is 1.01. The fraction of sp³-hybridized carbons (Fsp3) is 0.222. The number of sulfonamides is 1. The van der Waals surface area contributed by atoms with Gasteiger partial charge in [-0.1, -0.05) is 6.07 Å². The molecule has 0 aliphatic carbocycles. The molecule has 2 aromatic rings. The molecule has 2 rings (SSSR count). The molecule has 0 aromatic heterocycles. The lowest BCUT2D eigenvalue weighted by Gasteiger charge is -2.22. The maximum absolute atomic E-state index is 12.3. The van der Waals surface area contributed by atoms with Gasteiger partial charge < -0.3 is 14.8 Å². The van der Waals surface area contributed by atoms with E-state index < -0.39 is 28.4 Å². The smallest absolute Gasteiger partial charge is 0.337 e. The highest BCUT2D eigenvalue weighted by Gasteiger charge is 2.21. The number of nitrogens with one attached hydrogen (secondary N) is 1. The van der Waals surface area contributed by atoms with Gasteiger partial charge in [0.15, 0.2) is 0 Å². The molecule has 0 fully saturated rings. The van der Waals surface area contributed by atoms with Gasteiger partial charge in [-0.3, -0.25) is 9.10 Å². The fourth-order valence-electron chi connectivity index (χ4n) is 2.31. The summed E-state index contributed by atoms with van der Waals surface area (Å²) in [6, 6.07) is 12.4. The van der Waals surface area contributed by atoms with Crippen molar-refractivity contribution >= 4 is 33.3 Å². The number of esters is 1. The number of ether oxygens (including phenoxy) is 2. The summed E-state index contributed by atoms with van der Waals surface area (Å²) < 4.78 is 34.9. The first kappa shape index (κ1) is 20.2. The highest BCUT2D eigenvalue weighted by Crippen LogP contribution is 2.20. The molecule has 27 heavy (non-hydrogen) atoms. The average molecular weight is 392 g/mol. The summed E-state index contributed by atoms with van der Waals surface area (Å²) in [5, 5.41) is 2.63. The summed E-state index contributed by atoms with van der Waals surface area (Å²) in [7, 11) is -0.969. The summed E-state index contributed by atoms with van der Waals surface area (Å²) in [5.74, 6) is -0.500. The van der Waals surface area contributed by atoms with Crippen molar-refractivity contribution in [2.45, 2.75) is 0 Å². The summed E-state index contributed by atoms with van der Waals surface area (Å²) in [4.78, 5) is 23.8. The summed E-state index contributed by atoms with van der Waals surface area (Å²) in [6.45, 7) is -0.423. The van der Waals surface area contributed by atoms with Crippen LogP contribution in [-0.4, -0.2) is 47.3 Å². The van der Waals surface area contributed by atoms with Crippen LogP contribution in [0.2, 0.25) is 0 Å². The Kier molecular flexibility index (Phi) is 6.40. The molecular formula is C18H20N2O6S. The Morgan fingerprint density at radius 3 is 2.30 bits per heavy atom. The zero-order chi connectivity index (χ0) is 20.0. The Hall–Kier alpha value is -3.07. The lowest BCUT2D eigenvalue weighted by atomic mass is 10.2. The van der Waals surface area contributed by atoms with Gasteiger partial charge in [-0.2, -0.15) is 0 Å². The van der Waals surface area contributed by atoms with Crippen molar-refractivity contribution in [1.82, 2.24) is 0 Å². The normalized spacial score (nSPS) is 10.8. The van der Waals surface area contributed by atoms with Crippen LogP contribution in [0.5, 0.6) is 5.75 Å². The van der Waals surface area contributed by atoms with Crippen LogP contribution in [0.15, 0.2) is 48.5 Å². The molecule has 0 spiro atoms. The van der Waals surface area contributed by atoms with Crippen molar-refractivity contribution < 1.29 is 27.5 Å². The molecule has 0 aliphatic heterocycles. The molecule has 144 valence electrons. The van der Waals surface area contributed by atoms with Crippen LogP contribution >= 0.6 is 0 Å². The molecule has 0 saturated carbocycles. The van der Waals surface area contributed by atoms with Gasteiger partial charge in [0.1, 0.15) is 12.3 Å². The second-order valence-corrected chi connectivity index (χ2v) is 7.50. The molecule has 9 heteroatoms. The minimum absolute atomic E-state index is 0.256. The molecule has 0 atom stereocenters. The fourth-order valence-corrected chi connectivity index (χ4v) is 3.17. The number of amides is 1. The van der Waals surface area contributed by atoms with Crippen LogP contribution in [0.25, 0.3) is 0 Å². The number of anilines is 2. The number of hydrogen-bond acceptors (Lipinski definition) is 6. The molecule has 0 heterocycles. The van der Waals surface area contributed by atoms with Gasteiger partial charge in [-0.15, -0.1) is 0 Å². The zero-order valence-corrected chi connectivity index (χ0v) is 15.9. The van der Waals surface area contributed by atoms with E-state index in [1.54, 1.807) is 24.3 Å². The quantitative estimate of drug-likeness (QED) is 0.722. The van der Waals surface area contributed by atoms with Gasteiger partial charge >= 0.3 is 5.97 Å². The first-order valence-corrected chi connectivity index (χ1v) is 9.69. The van der Waals surface area contributed by atoms with Crippen molar-refractivity contribution in [2.24, 2.45) is 0 Å². The Balaban J connectivity index is 2.19. The van der Waals surface area contributed by atoms with E-state index in [1.807, 2.05) is 0 Å². The van der Waals surface area contributed by atoms with E-state index in [0.717, 1.165) is 10.6 Å². The van der Waals surface area contributed by atoms with Gasteiger partial charge in [-0.05, 0) is 36.4 Å². The monoisotopic (exact) mass is 392 g/mol. The molecule has 0 unspecified atom stereocenters. The number of carbonyl (C=O) groups excluding carboxylic acids is 2. The third-order valence-electron chi connectivity index (χ3n) is 3.62. The highest BCUT2D eigenvalue weighted by atomic mass is 32.2. The van der Waals surface area contributed by atoms with E-state index >= 15 is 0 Å². The van der Waals surface area contributed by atoms with Crippen LogP contribution in [0.3, 0.4) is 0 Å². The number of methoxy groups -OCH3 is 2. The van der Waals surface area contributed by atoms with Crippen molar-refractivity contribution in [3.63, 3.8) is 0 Å². The van der Waals surface area contributed by atoms with Crippen molar-refractivity contribution in [2.75, 3.05) is 36.6 Å². The summed E-state index contributed by atoms with van der Waals surface area (Å²) in [6.07, 6.45) is 1.00. The Morgan fingerprint density at radius 1 is 1.07 bits per heavy atom. The molecule has 1 N–H and O–H groups in total. The average Bonchev–Trinajstić information content (AvgIpc) is 2.65. The molecule has 0 bridgehead atoms. The highest BCUT2D eigenvalue weighted by molar-refractivity contribution is 7.92. The number of carbonyl (C=O) groups is 2. The topological polar surface area (TPSA) is 102 Å². The first-order chi connectivity index (χ1) is 12.7. The van der Waals surface area contributed by atoms with Gasteiger partial charge in [0.2, 0.25) is 15.9 Å². The van der Waals surface area contributed by atoms with E-state index in [1.165, 1.54) is 38.5 Å². The van der Waals surface area contributed by atoms with Gasteiger partial charge in [0.05, 0.1) is 31.7 Å². The number of nitrogens with zero attached hydrogens (tertiary/aromatic N) is 1. The van der Waals surface area contributed by atoms with E-state index in [-0.39, 0.29) is 11.3 Å². The first-order valence-electron chi connectivity index (χ1n) is 7.84. The Bertz CT molecular complexity index is 925.